The van der Waals surface area contributed by atoms with Crippen LogP contribution in [0.2, 0.25) is 0 Å². The zero-order valence-electron chi connectivity index (χ0n) is 20.6. The van der Waals surface area contributed by atoms with E-state index < -0.39 is 6.04 Å². The van der Waals surface area contributed by atoms with Crippen LogP contribution in [0.5, 0.6) is 5.75 Å². The summed E-state index contributed by atoms with van der Waals surface area (Å²) in [5.41, 5.74) is 3.02. The Bertz CT molecular complexity index is 1270. The molecule has 0 bridgehead atoms. The zero-order valence-corrected chi connectivity index (χ0v) is 20.6. The number of fused-ring (bicyclic) bond motifs is 1. The Morgan fingerprint density at radius 3 is 2.69 bits per heavy atom. The first-order valence-corrected chi connectivity index (χ1v) is 12.5. The number of halogens is 1. The SMILES string of the molecule is CC(C)C(=O)N1CCc2ccc(OCc3nc(C(=O)N4CCCC4)co3)cc2[C@@H]1c1cccc(F)c1. The number of nitrogens with zero attached hydrogens (tertiary/aromatic N) is 3. The molecule has 36 heavy (non-hydrogen) atoms. The number of ether oxygens (including phenoxy) is 1. The van der Waals surface area contributed by atoms with E-state index in [0.717, 1.165) is 42.6 Å². The molecule has 0 radical (unpaired) electrons. The van der Waals surface area contributed by atoms with Crippen molar-refractivity contribution in [1.29, 1.82) is 0 Å². The van der Waals surface area contributed by atoms with Crippen molar-refractivity contribution in [3.8, 4) is 5.75 Å². The van der Waals surface area contributed by atoms with E-state index >= 15 is 0 Å². The van der Waals surface area contributed by atoms with Gasteiger partial charge < -0.3 is 19.0 Å². The number of hydrogen-bond acceptors (Lipinski definition) is 5. The van der Waals surface area contributed by atoms with Crippen molar-refractivity contribution in [3.63, 3.8) is 0 Å². The van der Waals surface area contributed by atoms with Crippen LogP contribution in [0.25, 0.3) is 0 Å². The van der Waals surface area contributed by atoms with Crippen LogP contribution in [-0.4, -0.2) is 46.2 Å². The molecule has 0 N–H and O–H groups in total. The van der Waals surface area contributed by atoms with Crippen molar-refractivity contribution in [3.05, 3.63) is 82.8 Å². The molecule has 2 aromatic carbocycles. The van der Waals surface area contributed by atoms with Crippen molar-refractivity contribution in [1.82, 2.24) is 14.8 Å². The molecule has 2 aliphatic heterocycles. The van der Waals surface area contributed by atoms with Crippen LogP contribution in [0.3, 0.4) is 0 Å². The van der Waals surface area contributed by atoms with Gasteiger partial charge >= 0.3 is 0 Å². The molecule has 1 atom stereocenters. The Labute approximate surface area is 209 Å². The van der Waals surface area contributed by atoms with Crippen molar-refractivity contribution in [2.24, 2.45) is 5.92 Å². The van der Waals surface area contributed by atoms with Gasteiger partial charge in [-0.3, -0.25) is 9.59 Å². The number of carbonyl (C=O) groups is 2. The van der Waals surface area contributed by atoms with Gasteiger partial charge in [0, 0.05) is 25.6 Å². The first-order chi connectivity index (χ1) is 17.4. The molecular weight excluding hydrogens is 461 g/mol. The normalized spacial score (nSPS) is 17.4. The molecule has 0 saturated carbocycles. The topological polar surface area (TPSA) is 75.9 Å². The van der Waals surface area contributed by atoms with Gasteiger partial charge in [0.15, 0.2) is 12.3 Å². The van der Waals surface area contributed by atoms with E-state index in [1.165, 1.54) is 18.4 Å². The Morgan fingerprint density at radius 1 is 1.14 bits per heavy atom. The standard InChI is InChI=1S/C28H30FN3O4/c1-18(2)27(33)32-13-10-19-8-9-22(15-23(19)26(32)20-6-5-7-21(29)14-20)35-17-25-30-24(16-36-25)28(34)31-11-3-4-12-31/h5-9,14-16,18,26H,3-4,10-13,17H2,1-2H3/t26-/m0/s1. The quantitative estimate of drug-likeness (QED) is 0.497. The molecule has 3 heterocycles. The van der Waals surface area contributed by atoms with Crippen LogP contribution < -0.4 is 4.74 Å². The van der Waals surface area contributed by atoms with Crippen molar-refractivity contribution < 1.29 is 23.1 Å². The monoisotopic (exact) mass is 491 g/mol. The van der Waals surface area contributed by atoms with E-state index in [4.69, 9.17) is 9.15 Å². The number of likely N-dealkylation sites (tertiary alicyclic amines) is 1. The van der Waals surface area contributed by atoms with E-state index in [0.29, 0.717) is 24.6 Å². The van der Waals surface area contributed by atoms with Gasteiger partial charge in [0.1, 0.15) is 17.8 Å². The first-order valence-electron chi connectivity index (χ1n) is 12.5. The molecule has 0 unspecified atom stereocenters. The summed E-state index contributed by atoms with van der Waals surface area (Å²) < 4.78 is 25.6. The number of hydrogen-bond donors (Lipinski definition) is 0. The molecule has 0 aliphatic carbocycles. The van der Waals surface area contributed by atoms with Gasteiger partial charge in [0.25, 0.3) is 5.91 Å². The summed E-state index contributed by atoms with van der Waals surface area (Å²) in [6.45, 7) is 5.87. The molecule has 5 rings (SSSR count). The third kappa shape index (κ3) is 4.85. The van der Waals surface area contributed by atoms with E-state index in [1.54, 1.807) is 11.0 Å². The number of amides is 2. The third-order valence-corrected chi connectivity index (χ3v) is 6.81. The number of rotatable bonds is 6. The highest BCUT2D eigenvalue weighted by Crippen LogP contribution is 2.38. The molecular formula is C28H30FN3O4. The summed E-state index contributed by atoms with van der Waals surface area (Å²) in [6.07, 6.45) is 4.10. The highest BCUT2D eigenvalue weighted by Gasteiger charge is 2.33. The summed E-state index contributed by atoms with van der Waals surface area (Å²) in [6, 6.07) is 11.8. The first kappa shape index (κ1) is 24.0. The van der Waals surface area contributed by atoms with Gasteiger partial charge in [0.2, 0.25) is 11.8 Å². The van der Waals surface area contributed by atoms with Crippen LogP contribution >= 0.6 is 0 Å². The van der Waals surface area contributed by atoms with Gasteiger partial charge in [-0.25, -0.2) is 9.37 Å². The molecule has 8 heteroatoms. The summed E-state index contributed by atoms with van der Waals surface area (Å²) in [7, 11) is 0. The van der Waals surface area contributed by atoms with Gasteiger partial charge in [-0.2, -0.15) is 0 Å². The fourth-order valence-corrected chi connectivity index (χ4v) is 4.99. The lowest BCUT2D eigenvalue weighted by atomic mass is 9.87. The molecule has 1 aromatic heterocycles. The predicted octanol–water partition coefficient (Wildman–Crippen LogP) is 4.76. The molecule has 188 valence electrons. The minimum atomic E-state index is -0.408. The second-order valence-electron chi connectivity index (χ2n) is 9.67. The minimum absolute atomic E-state index is 0.0243. The molecule has 7 nitrogen and oxygen atoms in total. The molecule has 1 fully saturated rings. The van der Waals surface area contributed by atoms with Crippen LogP contribution in [0.1, 0.15) is 65.8 Å². The largest absolute Gasteiger partial charge is 0.484 e. The van der Waals surface area contributed by atoms with Crippen LogP contribution in [0.15, 0.2) is 53.1 Å². The van der Waals surface area contributed by atoms with E-state index in [2.05, 4.69) is 4.98 Å². The summed E-state index contributed by atoms with van der Waals surface area (Å²) in [5.74, 6) is 0.283. The van der Waals surface area contributed by atoms with Gasteiger partial charge in [-0.05, 0) is 60.2 Å². The smallest absolute Gasteiger partial charge is 0.275 e. The Hall–Kier alpha value is -3.68. The highest BCUT2D eigenvalue weighted by atomic mass is 19.1. The number of aromatic nitrogens is 1. The minimum Gasteiger partial charge on any atom is -0.484 e. The number of oxazole rings is 1. The lowest BCUT2D eigenvalue weighted by molar-refractivity contribution is -0.136. The molecule has 2 aliphatic rings. The van der Waals surface area contributed by atoms with Crippen molar-refractivity contribution in [2.75, 3.05) is 19.6 Å². The fraction of sp³-hybridized carbons (Fsp3) is 0.393. The molecule has 3 aromatic rings. The lowest BCUT2D eigenvalue weighted by Crippen LogP contribution is -2.42. The molecule has 1 saturated heterocycles. The Kier molecular flexibility index (Phi) is 6.76. The number of benzene rings is 2. The predicted molar refractivity (Wildman–Crippen MR) is 131 cm³/mol. The number of carbonyl (C=O) groups excluding carboxylic acids is 2. The summed E-state index contributed by atoms with van der Waals surface area (Å²) in [4.78, 5) is 33.5. The Balaban J connectivity index is 1.38. The zero-order chi connectivity index (χ0) is 25.2. The van der Waals surface area contributed by atoms with Crippen LogP contribution in [-0.2, 0) is 17.8 Å². The second-order valence-corrected chi connectivity index (χ2v) is 9.67. The maximum Gasteiger partial charge on any atom is 0.275 e. The Morgan fingerprint density at radius 2 is 1.94 bits per heavy atom. The molecule has 2 amide bonds. The van der Waals surface area contributed by atoms with Crippen LogP contribution in [0, 0.1) is 11.7 Å². The van der Waals surface area contributed by atoms with Crippen LogP contribution in [0.4, 0.5) is 4.39 Å². The third-order valence-electron chi connectivity index (χ3n) is 6.81. The lowest BCUT2D eigenvalue weighted by Gasteiger charge is -2.39. The average molecular weight is 492 g/mol. The van der Waals surface area contributed by atoms with Gasteiger partial charge in [0.05, 0.1) is 6.04 Å². The maximum atomic E-state index is 14.2. The van der Waals surface area contributed by atoms with Crippen molar-refractivity contribution in [2.45, 2.75) is 45.8 Å². The fourth-order valence-electron chi connectivity index (χ4n) is 4.99. The van der Waals surface area contributed by atoms with Crippen molar-refractivity contribution >= 4 is 11.8 Å². The maximum absolute atomic E-state index is 14.2. The van der Waals surface area contributed by atoms with Gasteiger partial charge in [-0.1, -0.05) is 32.0 Å². The van der Waals surface area contributed by atoms with E-state index in [9.17, 15) is 14.0 Å². The summed E-state index contributed by atoms with van der Waals surface area (Å²) >= 11 is 0. The van der Waals surface area contributed by atoms with E-state index in [1.807, 2.05) is 43.0 Å². The highest BCUT2D eigenvalue weighted by molar-refractivity contribution is 5.92. The second kappa shape index (κ2) is 10.1. The van der Waals surface area contributed by atoms with Gasteiger partial charge in [-0.15, -0.1) is 0 Å². The van der Waals surface area contributed by atoms with E-state index in [-0.39, 0.29) is 35.9 Å². The average Bonchev–Trinajstić information content (AvgIpc) is 3.58. The summed E-state index contributed by atoms with van der Waals surface area (Å²) in [5, 5.41) is 0. The molecule has 0 spiro atoms.